The smallest absolute Gasteiger partial charge is 0.339 e. The van der Waals surface area contributed by atoms with E-state index in [0.717, 1.165) is 5.56 Å². The molecule has 0 unspecified atom stereocenters. The van der Waals surface area contributed by atoms with Crippen molar-refractivity contribution in [2.45, 2.75) is 18.4 Å². The fourth-order valence-corrected chi connectivity index (χ4v) is 3.06. The number of rotatable bonds is 6. The van der Waals surface area contributed by atoms with Gasteiger partial charge >= 0.3 is 5.97 Å². The van der Waals surface area contributed by atoms with E-state index in [2.05, 4.69) is 0 Å². The second-order valence-electron chi connectivity index (χ2n) is 4.45. The summed E-state index contributed by atoms with van der Waals surface area (Å²) in [5.74, 6) is 0.186. The number of thioether (sulfide) groups is 1. The zero-order valence-electron chi connectivity index (χ0n) is 12.5. The normalized spacial score (nSPS) is 10.3. The molecule has 0 radical (unpaired) electrons. The first-order chi connectivity index (χ1) is 10.7. The van der Waals surface area contributed by atoms with Crippen molar-refractivity contribution in [3.05, 3.63) is 58.6 Å². The minimum atomic E-state index is -0.372. The molecule has 0 saturated heterocycles. The molecule has 2 aromatic rings. The van der Waals surface area contributed by atoms with Gasteiger partial charge in [-0.25, -0.2) is 4.79 Å². The second-order valence-corrected chi connectivity index (χ2v) is 5.65. The van der Waals surface area contributed by atoms with Gasteiger partial charge in [0.25, 0.3) is 0 Å². The van der Waals surface area contributed by atoms with Crippen LogP contribution in [0.1, 0.15) is 22.8 Å². The molecule has 0 heterocycles. The van der Waals surface area contributed by atoms with Crippen molar-refractivity contribution in [3.63, 3.8) is 0 Å². The Morgan fingerprint density at radius 2 is 1.91 bits per heavy atom. The topological polar surface area (TPSA) is 35.5 Å². The molecule has 2 aromatic carbocycles. The lowest BCUT2D eigenvalue weighted by molar-refractivity contribution is 0.0522. The average Bonchev–Trinajstić information content (AvgIpc) is 2.54. The van der Waals surface area contributed by atoms with Crippen LogP contribution in [-0.4, -0.2) is 18.8 Å². The number of esters is 1. The van der Waals surface area contributed by atoms with E-state index in [1.807, 2.05) is 36.6 Å². The summed E-state index contributed by atoms with van der Waals surface area (Å²) < 4.78 is 10.8. The summed E-state index contributed by atoms with van der Waals surface area (Å²) in [5, 5.41) is 0.439. The molecule has 0 atom stereocenters. The van der Waals surface area contributed by atoms with E-state index in [1.54, 1.807) is 19.1 Å². The predicted octanol–water partition coefficient (Wildman–Crippen LogP) is 4.82. The summed E-state index contributed by atoms with van der Waals surface area (Å²) in [6, 6.07) is 13.2. The van der Waals surface area contributed by atoms with E-state index in [4.69, 9.17) is 21.1 Å². The van der Waals surface area contributed by atoms with Crippen molar-refractivity contribution in [1.29, 1.82) is 0 Å². The molecule has 0 aliphatic heterocycles. The van der Waals surface area contributed by atoms with Crippen molar-refractivity contribution in [2.24, 2.45) is 0 Å². The number of carbonyl (C=O) groups excluding carboxylic acids is 1. The third kappa shape index (κ3) is 3.96. The molecule has 0 saturated carbocycles. The van der Waals surface area contributed by atoms with Crippen LogP contribution in [0.3, 0.4) is 0 Å². The molecule has 0 spiro atoms. The lowest BCUT2D eigenvalue weighted by atomic mass is 10.2. The number of benzene rings is 2. The number of halogens is 1. The number of hydrogen-bond acceptors (Lipinski definition) is 4. The third-order valence-corrected chi connectivity index (χ3v) is 4.32. The van der Waals surface area contributed by atoms with Gasteiger partial charge in [-0.2, -0.15) is 0 Å². The highest BCUT2D eigenvalue weighted by Gasteiger charge is 2.18. The van der Waals surface area contributed by atoms with Crippen molar-refractivity contribution in [2.75, 3.05) is 12.9 Å². The molecule has 2 rings (SSSR count). The lowest BCUT2D eigenvalue weighted by Gasteiger charge is -2.13. The summed E-state index contributed by atoms with van der Waals surface area (Å²) in [5.41, 5.74) is 1.52. The van der Waals surface area contributed by atoms with Crippen LogP contribution in [0.4, 0.5) is 0 Å². The molecule has 0 N–H and O–H groups in total. The molecule has 5 heteroatoms. The van der Waals surface area contributed by atoms with Gasteiger partial charge in [-0.05, 0) is 30.9 Å². The van der Waals surface area contributed by atoms with Crippen LogP contribution in [0.25, 0.3) is 0 Å². The van der Waals surface area contributed by atoms with Crippen molar-refractivity contribution < 1.29 is 14.3 Å². The maximum Gasteiger partial charge on any atom is 0.339 e. The summed E-state index contributed by atoms with van der Waals surface area (Å²) in [6.07, 6.45) is 1.87. The van der Waals surface area contributed by atoms with Crippen molar-refractivity contribution in [3.8, 4) is 5.75 Å². The highest BCUT2D eigenvalue weighted by atomic mass is 35.5. The van der Waals surface area contributed by atoms with Crippen molar-refractivity contribution in [1.82, 2.24) is 0 Å². The number of hydrogen-bond donors (Lipinski definition) is 0. The molecule has 3 nitrogen and oxygen atoms in total. The molecule has 116 valence electrons. The van der Waals surface area contributed by atoms with Crippen LogP contribution in [0.2, 0.25) is 5.02 Å². The molecule has 0 amide bonds. The fraction of sp³-hybridized carbons (Fsp3) is 0.235. The molecule has 0 aromatic heterocycles. The van der Waals surface area contributed by atoms with Gasteiger partial charge in [-0.1, -0.05) is 41.9 Å². The Bertz CT molecular complexity index is 644. The number of ether oxygens (including phenoxy) is 2. The molecular formula is C17H17ClO3S. The molecule has 0 aliphatic rings. The Morgan fingerprint density at radius 3 is 2.55 bits per heavy atom. The standard InChI is InChI=1S/C17H17ClO3S/c1-3-20-17(19)13-9-10-14(15(18)16(13)22-2)21-11-12-7-5-4-6-8-12/h4-10H,3,11H2,1-2H3. The zero-order valence-corrected chi connectivity index (χ0v) is 14.0. The molecule has 22 heavy (non-hydrogen) atoms. The predicted molar refractivity (Wildman–Crippen MR) is 90.0 cm³/mol. The molecule has 0 fully saturated rings. The quantitative estimate of drug-likeness (QED) is 0.559. The Balaban J connectivity index is 2.21. The average molecular weight is 337 g/mol. The maximum absolute atomic E-state index is 11.9. The van der Waals surface area contributed by atoms with E-state index in [1.165, 1.54) is 11.8 Å². The van der Waals surface area contributed by atoms with E-state index >= 15 is 0 Å². The summed E-state index contributed by atoms with van der Waals surface area (Å²) in [4.78, 5) is 12.6. The Kier molecular flexibility index (Phi) is 6.16. The largest absolute Gasteiger partial charge is 0.487 e. The van der Waals surface area contributed by atoms with Crippen LogP contribution in [0.15, 0.2) is 47.4 Å². The highest BCUT2D eigenvalue weighted by molar-refractivity contribution is 7.98. The second kappa shape index (κ2) is 8.11. The fourth-order valence-electron chi connectivity index (χ4n) is 1.95. The van der Waals surface area contributed by atoms with Gasteiger partial charge in [-0.3, -0.25) is 0 Å². The maximum atomic E-state index is 11.9. The van der Waals surface area contributed by atoms with Gasteiger partial charge < -0.3 is 9.47 Å². The lowest BCUT2D eigenvalue weighted by Crippen LogP contribution is -2.07. The van der Waals surface area contributed by atoms with Crippen molar-refractivity contribution >= 4 is 29.3 Å². The summed E-state index contributed by atoms with van der Waals surface area (Å²) in [6.45, 7) is 2.53. The Hall–Kier alpha value is -1.65. The van der Waals surface area contributed by atoms with Crippen LogP contribution in [0.5, 0.6) is 5.75 Å². The van der Waals surface area contributed by atoms with Gasteiger partial charge in [0, 0.05) is 4.90 Å². The molecule has 0 aliphatic carbocycles. The van der Waals surface area contributed by atoms with Crippen LogP contribution in [0, 0.1) is 0 Å². The Labute approximate surface area is 139 Å². The highest BCUT2D eigenvalue weighted by Crippen LogP contribution is 2.37. The van der Waals surface area contributed by atoms with Gasteiger partial charge in [0.1, 0.15) is 12.4 Å². The van der Waals surface area contributed by atoms with E-state index in [9.17, 15) is 4.79 Å². The summed E-state index contributed by atoms with van der Waals surface area (Å²) >= 11 is 7.77. The van der Waals surface area contributed by atoms with Crippen LogP contribution < -0.4 is 4.74 Å². The van der Waals surface area contributed by atoms with Gasteiger partial charge in [0.05, 0.1) is 17.2 Å². The minimum Gasteiger partial charge on any atom is -0.487 e. The monoisotopic (exact) mass is 336 g/mol. The first kappa shape index (κ1) is 16.7. The third-order valence-electron chi connectivity index (χ3n) is 3.00. The van der Waals surface area contributed by atoms with Gasteiger partial charge in [0.15, 0.2) is 0 Å². The van der Waals surface area contributed by atoms with Gasteiger partial charge in [-0.15, -0.1) is 11.8 Å². The molecular weight excluding hydrogens is 320 g/mol. The first-order valence-corrected chi connectivity index (χ1v) is 8.48. The number of carbonyl (C=O) groups is 1. The summed E-state index contributed by atoms with van der Waals surface area (Å²) in [7, 11) is 0. The van der Waals surface area contributed by atoms with Crippen LogP contribution >= 0.6 is 23.4 Å². The molecule has 0 bridgehead atoms. The first-order valence-electron chi connectivity index (χ1n) is 6.87. The van der Waals surface area contributed by atoms with E-state index < -0.39 is 0 Å². The van der Waals surface area contributed by atoms with Gasteiger partial charge in [0.2, 0.25) is 0 Å². The SMILES string of the molecule is CCOC(=O)c1ccc(OCc2ccccc2)c(Cl)c1SC. The van der Waals surface area contributed by atoms with E-state index in [-0.39, 0.29) is 5.97 Å². The van der Waals surface area contributed by atoms with E-state index in [0.29, 0.717) is 34.4 Å². The Morgan fingerprint density at radius 1 is 1.18 bits per heavy atom. The zero-order chi connectivity index (χ0) is 15.9. The van der Waals surface area contributed by atoms with Crippen LogP contribution in [-0.2, 0) is 11.3 Å². The minimum absolute atomic E-state index is 0.330.